The summed E-state index contributed by atoms with van der Waals surface area (Å²) >= 11 is 5.33. The molecule has 1 heterocycles. The van der Waals surface area contributed by atoms with E-state index in [-0.39, 0.29) is 11.9 Å². The van der Waals surface area contributed by atoms with Gasteiger partial charge in [-0.1, -0.05) is 30.3 Å². The number of aromatic nitrogens is 2. The second-order valence-corrected chi connectivity index (χ2v) is 5.13. The summed E-state index contributed by atoms with van der Waals surface area (Å²) in [7, 11) is 1.80. The van der Waals surface area contributed by atoms with Crippen molar-refractivity contribution in [3.8, 4) is 11.3 Å². The molecule has 5 heteroatoms. The third-order valence-corrected chi connectivity index (χ3v) is 3.79. The highest BCUT2D eigenvalue weighted by atomic mass is 32.1. The Bertz CT molecular complexity index is 645. The Kier molecular flexibility index (Phi) is 4.39. The Balaban J connectivity index is 2.45. The number of hydrogen-bond donors (Lipinski definition) is 1. The van der Waals surface area contributed by atoms with E-state index in [0.29, 0.717) is 11.3 Å². The zero-order valence-corrected chi connectivity index (χ0v) is 12.8. The maximum Gasteiger partial charge on any atom is 0.245 e. The summed E-state index contributed by atoms with van der Waals surface area (Å²) in [5.74, 6) is 0.0559. The molecule has 2 rings (SSSR count). The molecule has 0 fully saturated rings. The minimum absolute atomic E-state index is 0.0559. The van der Waals surface area contributed by atoms with E-state index in [0.717, 1.165) is 11.3 Å². The van der Waals surface area contributed by atoms with Crippen LogP contribution in [0, 0.1) is 4.77 Å². The second-order valence-electron chi connectivity index (χ2n) is 4.74. The van der Waals surface area contributed by atoms with E-state index in [1.807, 2.05) is 54.9 Å². The maximum atomic E-state index is 12.4. The Morgan fingerprint density at radius 3 is 2.65 bits per heavy atom. The van der Waals surface area contributed by atoms with Crippen LogP contribution < -0.4 is 0 Å². The van der Waals surface area contributed by atoms with E-state index < -0.39 is 0 Å². The normalized spacial score (nSPS) is 12.2. The number of imidazole rings is 1. The van der Waals surface area contributed by atoms with E-state index in [1.54, 1.807) is 11.9 Å². The number of benzene rings is 1. The van der Waals surface area contributed by atoms with Crippen LogP contribution in [0.15, 0.2) is 36.5 Å². The van der Waals surface area contributed by atoms with Crippen LogP contribution in [-0.4, -0.2) is 34.0 Å². The van der Waals surface area contributed by atoms with Gasteiger partial charge in [0.05, 0.1) is 5.69 Å². The largest absolute Gasteiger partial charge is 0.344 e. The van der Waals surface area contributed by atoms with Gasteiger partial charge in [0.15, 0.2) is 4.77 Å². The molecular weight excluding hydrogens is 270 g/mol. The van der Waals surface area contributed by atoms with Gasteiger partial charge >= 0.3 is 0 Å². The van der Waals surface area contributed by atoms with Gasteiger partial charge in [-0.15, -0.1) is 0 Å². The van der Waals surface area contributed by atoms with Crippen LogP contribution in [0.5, 0.6) is 0 Å². The van der Waals surface area contributed by atoms with Crippen LogP contribution in [0.4, 0.5) is 0 Å². The molecule has 1 amide bonds. The first-order valence-electron chi connectivity index (χ1n) is 6.66. The van der Waals surface area contributed by atoms with Gasteiger partial charge in [0, 0.05) is 19.8 Å². The van der Waals surface area contributed by atoms with Crippen molar-refractivity contribution >= 4 is 18.1 Å². The van der Waals surface area contributed by atoms with Crippen molar-refractivity contribution in [1.82, 2.24) is 14.5 Å². The van der Waals surface area contributed by atoms with Crippen molar-refractivity contribution in [3.63, 3.8) is 0 Å². The highest BCUT2D eigenvalue weighted by Gasteiger charge is 2.21. The molecule has 106 valence electrons. The van der Waals surface area contributed by atoms with E-state index >= 15 is 0 Å². The van der Waals surface area contributed by atoms with Crippen LogP contribution in [0.2, 0.25) is 0 Å². The van der Waals surface area contributed by atoms with Crippen molar-refractivity contribution in [2.75, 3.05) is 13.6 Å². The van der Waals surface area contributed by atoms with Gasteiger partial charge in [0.2, 0.25) is 5.91 Å². The monoisotopic (exact) mass is 289 g/mol. The molecule has 0 bridgehead atoms. The zero-order valence-electron chi connectivity index (χ0n) is 12.0. The summed E-state index contributed by atoms with van der Waals surface area (Å²) < 4.78 is 2.44. The summed E-state index contributed by atoms with van der Waals surface area (Å²) in [4.78, 5) is 17.1. The van der Waals surface area contributed by atoms with Gasteiger partial charge in [-0.05, 0) is 31.6 Å². The SMILES string of the molecule is CCN(C)C(=O)C(C)n1c(-c2ccccc2)c[nH]c1=S. The number of H-pyrrole nitrogens is 1. The molecular formula is C15H19N3OS. The average Bonchev–Trinajstić information content (AvgIpc) is 2.87. The third kappa shape index (κ3) is 2.67. The lowest BCUT2D eigenvalue weighted by Gasteiger charge is -2.22. The van der Waals surface area contributed by atoms with Crippen LogP contribution in [-0.2, 0) is 4.79 Å². The summed E-state index contributed by atoms with van der Waals surface area (Å²) in [6.07, 6.45) is 1.85. The number of carbonyl (C=O) groups is 1. The number of likely N-dealkylation sites (N-methyl/N-ethyl adjacent to an activating group) is 1. The van der Waals surface area contributed by atoms with Gasteiger partial charge in [-0.3, -0.25) is 4.79 Å². The predicted molar refractivity (Wildman–Crippen MR) is 83.1 cm³/mol. The molecule has 1 N–H and O–H groups in total. The predicted octanol–water partition coefficient (Wildman–Crippen LogP) is 3.25. The molecule has 1 atom stereocenters. The summed E-state index contributed by atoms with van der Waals surface area (Å²) in [6, 6.07) is 9.61. The van der Waals surface area contributed by atoms with Crippen LogP contribution in [0.1, 0.15) is 19.9 Å². The topological polar surface area (TPSA) is 41.0 Å². The molecule has 0 aliphatic rings. The minimum atomic E-state index is -0.325. The highest BCUT2D eigenvalue weighted by Crippen LogP contribution is 2.24. The van der Waals surface area contributed by atoms with Crippen molar-refractivity contribution < 1.29 is 4.79 Å². The maximum absolute atomic E-state index is 12.4. The molecule has 1 unspecified atom stereocenters. The molecule has 2 aromatic rings. The molecule has 0 aliphatic carbocycles. The molecule has 0 spiro atoms. The molecule has 20 heavy (non-hydrogen) atoms. The van der Waals surface area contributed by atoms with Crippen LogP contribution >= 0.6 is 12.2 Å². The lowest BCUT2D eigenvalue weighted by Crippen LogP contribution is -2.33. The number of nitrogens with zero attached hydrogens (tertiary/aromatic N) is 2. The van der Waals surface area contributed by atoms with E-state index in [4.69, 9.17) is 12.2 Å². The Morgan fingerprint density at radius 2 is 2.05 bits per heavy atom. The molecule has 1 aromatic carbocycles. The fourth-order valence-electron chi connectivity index (χ4n) is 2.18. The second kappa shape index (κ2) is 6.05. The molecule has 4 nitrogen and oxygen atoms in total. The van der Waals surface area contributed by atoms with Gasteiger partial charge in [0.25, 0.3) is 0 Å². The summed E-state index contributed by atoms with van der Waals surface area (Å²) in [5.41, 5.74) is 1.97. The van der Waals surface area contributed by atoms with Gasteiger partial charge in [0.1, 0.15) is 6.04 Å². The van der Waals surface area contributed by atoms with Crippen LogP contribution in [0.3, 0.4) is 0 Å². The minimum Gasteiger partial charge on any atom is -0.344 e. The van der Waals surface area contributed by atoms with Crippen molar-refractivity contribution in [3.05, 3.63) is 41.3 Å². The smallest absolute Gasteiger partial charge is 0.245 e. The Hall–Kier alpha value is -1.88. The number of carbonyl (C=O) groups excluding carboxylic acids is 1. The van der Waals surface area contributed by atoms with E-state index in [2.05, 4.69) is 4.98 Å². The molecule has 0 radical (unpaired) electrons. The number of hydrogen-bond acceptors (Lipinski definition) is 2. The number of amides is 1. The van der Waals surface area contributed by atoms with Gasteiger partial charge in [-0.2, -0.15) is 0 Å². The highest BCUT2D eigenvalue weighted by molar-refractivity contribution is 7.71. The van der Waals surface area contributed by atoms with E-state index in [9.17, 15) is 4.79 Å². The van der Waals surface area contributed by atoms with Crippen molar-refractivity contribution in [2.24, 2.45) is 0 Å². The lowest BCUT2D eigenvalue weighted by molar-refractivity contribution is -0.132. The van der Waals surface area contributed by atoms with Crippen LogP contribution in [0.25, 0.3) is 11.3 Å². The standard InChI is InChI=1S/C15H19N3OS/c1-4-17(3)14(19)11(2)18-13(10-16-15(18)20)12-8-6-5-7-9-12/h5-11H,4H2,1-3H3,(H,16,20). The lowest BCUT2D eigenvalue weighted by atomic mass is 10.1. The number of rotatable bonds is 4. The quantitative estimate of drug-likeness (QED) is 0.878. The Labute approximate surface area is 124 Å². The summed E-state index contributed by atoms with van der Waals surface area (Å²) in [5, 5.41) is 0. The molecule has 0 saturated heterocycles. The fraction of sp³-hybridized carbons (Fsp3) is 0.333. The van der Waals surface area contributed by atoms with Crippen molar-refractivity contribution in [2.45, 2.75) is 19.9 Å². The average molecular weight is 289 g/mol. The molecule has 0 saturated carbocycles. The molecule has 1 aromatic heterocycles. The van der Waals surface area contributed by atoms with Crippen molar-refractivity contribution in [1.29, 1.82) is 0 Å². The first-order valence-corrected chi connectivity index (χ1v) is 7.07. The first kappa shape index (κ1) is 14.5. The van der Waals surface area contributed by atoms with Gasteiger partial charge < -0.3 is 14.5 Å². The number of nitrogens with one attached hydrogen (secondary N) is 1. The van der Waals surface area contributed by atoms with E-state index in [1.165, 1.54) is 0 Å². The number of aromatic amines is 1. The first-order chi connectivity index (χ1) is 9.56. The zero-order chi connectivity index (χ0) is 14.7. The third-order valence-electron chi connectivity index (χ3n) is 3.48. The van der Waals surface area contributed by atoms with Gasteiger partial charge in [-0.25, -0.2) is 0 Å². The fourth-order valence-corrected chi connectivity index (χ4v) is 2.50. The Morgan fingerprint density at radius 1 is 1.40 bits per heavy atom. The molecule has 0 aliphatic heterocycles. The summed E-state index contributed by atoms with van der Waals surface area (Å²) in [6.45, 7) is 4.52.